The Morgan fingerprint density at radius 3 is 1.07 bits per heavy atom. The molecule has 0 aliphatic heterocycles. The number of hydrogen-bond acceptors (Lipinski definition) is 3. The number of benzene rings is 2. The fraction of sp³-hybridized carbons (Fsp3) is 0.500. The van der Waals surface area contributed by atoms with Gasteiger partial charge in [0.2, 0.25) is 0 Å². The molecule has 0 amide bonds. The van der Waals surface area contributed by atoms with Gasteiger partial charge in [-0.15, -0.1) is 0 Å². The lowest BCUT2D eigenvalue weighted by Gasteiger charge is -2.42. The van der Waals surface area contributed by atoms with E-state index in [0.29, 0.717) is 24.0 Å². The molecule has 0 aliphatic rings. The minimum atomic E-state index is -8.91. The van der Waals surface area contributed by atoms with Gasteiger partial charge in [-0.25, -0.2) is 0 Å². The predicted molar refractivity (Wildman–Crippen MR) is 120 cm³/mol. The summed E-state index contributed by atoms with van der Waals surface area (Å²) in [5.41, 5.74) is 1.05. The monoisotopic (exact) mass is 836 g/mol. The Bertz CT molecular complexity index is 1430. The number of alkyl halides is 17. The van der Waals surface area contributed by atoms with E-state index in [1.54, 1.807) is 13.8 Å². The minimum absolute atomic E-state index is 0.328. The number of hydrogen-bond donors (Lipinski definition) is 0. The first-order chi connectivity index (χ1) is 20.4. The highest BCUT2D eigenvalue weighted by atomic mass is 127. The molecule has 0 saturated carbocycles. The summed E-state index contributed by atoms with van der Waals surface area (Å²) in [5, 5.41) is -7.74. The van der Waals surface area contributed by atoms with Crippen LogP contribution in [-0.2, 0) is 25.5 Å². The van der Waals surface area contributed by atoms with Crippen LogP contribution in [0.25, 0.3) is 0 Å². The van der Waals surface area contributed by atoms with Gasteiger partial charge >= 0.3 is 77.3 Å². The first kappa shape index (κ1) is 40.1. The molecule has 0 atom stereocenters. The molecule has 0 fully saturated rings. The van der Waals surface area contributed by atoms with Crippen LogP contribution in [0.2, 0.25) is 0 Å². The number of rotatable bonds is 13. The van der Waals surface area contributed by atoms with E-state index in [-0.39, 0.29) is 7.14 Å². The fourth-order valence-electron chi connectivity index (χ4n) is 3.30. The average molecular weight is 836 g/mol. The van der Waals surface area contributed by atoms with Crippen molar-refractivity contribution >= 4 is 10.1 Å². The van der Waals surface area contributed by atoms with Crippen LogP contribution < -0.4 is 20.2 Å². The second kappa shape index (κ2) is 12.4. The van der Waals surface area contributed by atoms with Crippen LogP contribution in [-0.4, -0.2) is 55.4 Å². The third-order valence-electron chi connectivity index (χ3n) is 6.19. The summed E-state index contributed by atoms with van der Waals surface area (Å²) in [6, 6.07) is 9.19. The van der Waals surface area contributed by atoms with Crippen LogP contribution in [0.15, 0.2) is 48.5 Å². The van der Waals surface area contributed by atoms with Gasteiger partial charge in [-0.3, -0.25) is 0 Å². The van der Waals surface area contributed by atoms with Crippen molar-refractivity contribution in [1.29, 1.82) is 0 Å². The summed E-state index contributed by atoms with van der Waals surface area (Å²) in [6.07, 6.45) is -7.23. The fourth-order valence-corrected chi connectivity index (χ4v) is 10.2. The van der Waals surface area contributed by atoms with E-state index in [2.05, 4.69) is 2.51 Å². The molecule has 1 radical (unpaired) electrons. The van der Waals surface area contributed by atoms with Gasteiger partial charge in [0, 0.05) is 0 Å². The minimum Gasteiger partial charge on any atom is -0.192 e. The first-order valence-corrected chi connectivity index (χ1v) is 16.4. The predicted octanol–water partition coefficient (Wildman–Crippen LogP) is 5.70. The summed E-state index contributed by atoms with van der Waals surface area (Å²) in [4.78, 5) is 0. The van der Waals surface area contributed by atoms with Gasteiger partial charge in [0.25, 0.3) is 0 Å². The molecule has 0 N–H and O–H groups in total. The highest BCUT2D eigenvalue weighted by Crippen LogP contribution is 2.64. The molecule has 46 heavy (non-hydrogen) atoms. The van der Waals surface area contributed by atoms with Crippen molar-refractivity contribution in [2.75, 3.05) is 0 Å². The Balaban J connectivity index is 2.70. The van der Waals surface area contributed by atoms with Gasteiger partial charge in [0.05, 0.1) is 0 Å². The van der Waals surface area contributed by atoms with Crippen LogP contribution >= 0.6 is 0 Å². The molecular formula is C24H18F17IO3S+. The van der Waals surface area contributed by atoms with Crippen molar-refractivity contribution in [3.05, 3.63) is 66.8 Å². The third kappa shape index (κ3) is 6.13. The van der Waals surface area contributed by atoms with Gasteiger partial charge in [-0.05, 0) is 50.7 Å². The SMILES string of the molecule is CCc1ccc([I+](OS(=O)(=O)C(F)(F)C(F)(F)C(F)(F)C(F)(F)C(F)(F)C(F)(F)C(F)(F)C(F)(F)F)c2ccc(CC)cc2)cc1. The molecule has 0 aromatic heterocycles. The van der Waals surface area contributed by atoms with Crippen molar-refractivity contribution in [2.45, 2.75) is 73.7 Å². The Hall–Kier alpha value is -2.11. The molecule has 263 valence electrons. The van der Waals surface area contributed by atoms with Crippen molar-refractivity contribution in [3.63, 3.8) is 0 Å². The molecule has 0 heterocycles. The smallest absolute Gasteiger partial charge is 0.192 e. The molecule has 2 rings (SSSR count). The van der Waals surface area contributed by atoms with Gasteiger partial charge in [0.15, 0.2) is 7.14 Å². The molecule has 2 aromatic carbocycles. The van der Waals surface area contributed by atoms with Crippen LogP contribution in [0.5, 0.6) is 0 Å². The van der Waals surface area contributed by atoms with Crippen LogP contribution in [0.1, 0.15) is 25.0 Å². The van der Waals surface area contributed by atoms with Crippen molar-refractivity contribution in [1.82, 2.24) is 0 Å². The summed E-state index contributed by atoms with van der Waals surface area (Å²) in [5.74, 6) is -52.0. The average Bonchev–Trinajstić information content (AvgIpc) is 2.94. The first-order valence-electron chi connectivity index (χ1n) is 12.0. The molecule has 3 nitrogen and oxygen atoms in total. The van der Waals surface area contributed by atoms with Gasteiger partial charge < -0.3 is 0 Å². The number of halogens is 18. The van der Waals surface area contributed by atoms with Crippen LogP contribution in [0.4, 0.5) is 74.6 Å². The molecule has 0 spiro atoms. The van der Waals surface area contributed by atoms with E-state index in [9.17, 15) is 83.1 Å². The Morgan fingerprint density at radius 1 is 0.500 bits per heavy atom. The van der Waals surface area contributed by atoms with E-state index in [0.717, 1.165) is 24.3 Å². The largest absolute Gasteiger partial charge is 0.460 e. The maximum atomic E-state index is 14.7. The standard InChI is InChI=1S/C24H18F17IO3S/c1-3-13-5-9-15(10-6-13)42(16-11-7-14(4-2)8-12-16)45-46(43,44)24(40,41)22(35,36)20(31,32)18(27,28)17(25,26)19(29,30)21(33,34)23(37,38)39/h5-12H,3-4H2,1-2H3/q+1. The topological polar surface area (TPSA) is 43.4 Å². The summed E-state index contributed by atoms with van der Waals surface area (Å²) in [7, 11) is -7.71. The maximum Gasteiger partial charge on any atom is 0.460 e. The lowest BCUT2D eigenvalue weighted by atomic mass is 9.91. The van der Waals surface area contributed by atoms with Gasteiger partial charge in [-0.1, -0.05) is 38.1 Å². The van der Waals surface area contributed by atoms with E-state index in [1.807, 2.05) is 0 Å². The van der Waals surface area contributed by atoms with Crippen LogP contribution in [0, 0.1) is 7.14 Å². The molecular weight excluding hydrogens is 818 g/mol. The molecule has 0 unspecified atom stereocenters. The van der Waals surface area contributed by atoms with E-state index in [1.165, 1.54) is 24.3 Å². The normalized spacial score (nSPS) is 15.0. The molecule has 0 bridgehead atoms. The molecule has 22 heteroatoms. The zero-order chi connectivity index (χ0) is 36.2. The number of aryl methyl sites for hydroxylation is 2. The maximum absolute atomic E-state index is 14.7. The van der Waals surface area contributed by atoms with Crippen molar-refractivity contribution in [2.24, 2.45) is 0 Å². The zero-order valence-electron chi connectivity index (χ0n) is 22.5. The second-order valence-electron chi connectivity index (χ2n) is 9.19. The van der Waals surface area contributed by atoms with E-state index < -0.39 is 77.3 Å². The Labute approximate surface area is 256 Å². The lowest BCUT2D eigenvalue weighted by molar-refractivity contribution is -1.03. The highest BCUT2D eigenvalue weighted by Gasteiger charge is 2.96. The second-order valence-corrected chi connectivity index (χ2v) is 15.7. The zero-order valence-corrected chi connectivity index (χ0v) is 25.4. The summed E-state index contributed by atoms with van der Waals surface area (Å²) in [6.45, 7) is 3.25. The highest BCUT2D eigenvalue weighted by molar-refractivity contribution is 7.87. The molecule has 0 aliphatic carbocycles. The van der Waals surface area contributed by atoms with Gasteiger partial charge in [-0.2, -0.15) is 83.1 Å². The lowest BCUT2D eigenvalue weighted by Crippen LogP contribution is -3.85. The Morgan fingerprint density at radius 2 is 0.783 bits per heavy atom. The quantitative estimate of drug-likeness (QED) is 0.192. The van der Waals surface area contributed by atoms with Crippen molar-refractivity contribution < 1.29 is 106 Å². The van der Waals surface area contributed by atoms with Gasteiger partial charge in [0.1, 0.15) is 0 Å². The van der Waals surface area contributed by atoms with Crippen molar-refractivity contribution in [3.8, 4) is 0 Å². The molecule has 0 saturated heterocycles. The van der Waals surface area contributed by atoms with Crippen LogP contribution in [0.3, 0.4) is 0 Å². The summed E-state index contributed by atoms with van der Waals surface area (Å²) >= 11 is -4.57. The Kier molecular flexibility index (Phi) is 10.8. The molecule has 2 aromatic rings. The van der Waals surface area contributed by atoms with E-state index >= 15 is 0 Å². The third-order valence-corrected chi connectivity index (χ3v) is 13.6. The van der Waals surface area contributed by atoms with E-state index in [4.69, 9.17) is 0 Å². The summed E-state index contributed by atoms with van der Waals surface area (Å²) < 4.78 is 261.